The Morgan fingerprint density at radius 3 is 2.57 bits per heavy atom. The van der Waals surface area contributed by atoms with Crippen LogP contribution in [0.2, 0.25) is 0 Å². The molecule has 2 unspecified atom stereocenters. The highest BCUT2D eigenvalue weighted by molar-refractivity contribution is 5.67. The van der Waals surface area contributed by atoms with Crippen molar-refractivity contribution < 1.29 is 9.90 Å². The molecule has 0 aromatic heterocycles. The van der Waals surface area contributed by atoms with Gasteiger partial charge >= 0.3 is 5.97 Å². The summed E-state index contributed by atoms with van der Waals surface area (Å²) in [5.41, 5.74) is 0. The highest BCUT2D eigenvalue weighted by Gasteiger charge is 2.29. The molecular weight excluding hydrogens is 264 g/mol. The number of piperidine rings is 1. The van der Waals surface area contributed by atoms with Crippen LogP contribution in [0.5, 0.6) is 0 Å². The lowest BCUT2D eigenvalue weighted by molar-refractivity contribution is -0.138. The molecule has 1 saturated carbocycles. The second-order valence-electron chi connectivity index (χ2n) is 7.57. The number of hydrogen-bond donors (Lipinski definition) is 2. The second-order valence-corrected chi connectivity index (χ2v) is 7.57. The molecule has 4 heteroatoms. The predicted molar refractivity (Wildman–Crippen MR) is 85.4 cm³/mol. The van der Waals surface area contributed by atoms with E-state index in [2.05, 4.69) is 24.1 Å². The Labute approximate surface area is 129 Å². The maximum absolute atomic E-state index is 11.0. The minimum Gasteiger partial charge on any atom is -0.481 e. The highest BCUT2D eigenvalue weighted by atomic mass is 16.4. The van der Waals surface area contributed by atoms with E-state index in [0.717, 1.165) is 38.5 Å². The number of nitrogens with zero attached hydrogens (tertiary/aromatic N) is 1. The topological polar surface area (TPSA) is 52.6 Å². The van der Waals surface area contributed by atoms with Crippen LogP contribution in [-0.2, 0) is 4.79 Å². The largest absolute Gasteiger partial charge is 0.481 e. The van der Waals surface area contributed by atoms with Gasteiger partial charge in [0.15, 0.2) is 0 Å². The maximum Gasteiger partial charge on any atom is 0.303 e. The summed E-state index contributed by atoms with van der Waals surface area (Å²) in [5.74, 6) is 1.14. The van der Waals surface area contributed by atoms with E-state index in [0.29, 0.717) is 24.3 Å². The molecule has 0 radical (unpaired) electrons. The third-order valence-electron chi connectivity index (χ3n) is 4.87. The molecule has 1 aliphatic carbocycles. The van der Waals surface area contributed by atoms with Crippen molar-refractivity contribution in [1.82, 2.24) is 10.2 Å². The number of carboxylic acids is 1. The van der Waals surface area contributed by atoms with E-state index in [1.165, 1.54) is 25.7 Å². The van der Waals surface area contributed by atoms with Crippen molar-refractivity contribution in [3.05, 3.63) is 0 Å². The van der Waals surface area contributed by atoms with E-state index in [4.69, 9.17) is 5.11 Å². The van der Waals surface area contributed by atoms with Crippen molar-refractivity contribution in [2.24, 2.45) is 17.8 Å². The molecule has 0 amide bonds. The van der Waals surface area contributed by atoms with Gasteiger partial charge < -0.3 is 15.3 Å². The summed E-state index contributed by atoms with van der Waals surface area (Å²) < 4.78 is 0. The summed E-state index contributed by atoms with van der Waals surface area (Å²) in [6.45, 7) is 8.72. The van der Waals surface area contributed by atoms with E-state index < -0.39 is 5.97 Å². The van der Waals surface area contributed by atoms with Gasteiger partial charge in [0.05, 0.1) is 0 Å². The molecule has 0 bridgehead atoms. The molecule has 1 aliphatic heterocycles. The molecule has 122 valence electrons. The molecule has 1 saturated heterocycles. The van der Waals surface area contributed by atoms with Crippen LogP contribution in [0.15, 0.2) is 0 Å². The third-order valence-corrected chi connectivity index (χ3v) is 4.87. The first kappa shape index (κ1) is 16.8. The van der Waals surface area contributed by atoms with Crippen molar-refractivity contribution in [2.75, 3.05) is 26.2 Å². The summed E-state index contributed by atoms with van der Waals surface area (Å²) in [4.78, 5) is 13.5. The van der Waals surface area contributed by atoms with Crippen molar-refractivity contribution in [2.45, 2.75) is 58.4 Å². The molecular formula is C17H32N2O2. The van der Waals surface area contributed by atoms with E-state index in [1.54, 1.807) is 0 Å². The summed E-state index contributed by atoms with van der Waals surface area (Å²) >= 11 is 0. The van der Waals surface area contributed by atoms with E-state index in [-0.39, 0.29) is 0 Å². The van der Waals surface area contributed by atoms with Crippen LogP contribution in [0.3, 0.4) is 0 Å². The van der Waals surface area contributed by atoms with Gasteiger partial charge in [-0.2, -0.15) is 0 Å². The lowest BCUT2D eigenvalue weighted by atomic mass is 9.90. The Balaban J connectivity index is 1.83. The van der Waals surface area contributed by atoms with Gasteiger partial charge in [-0.1, -0.05) is 26.7 Å². The monoisotopic (exact) mass is 296 g/mol. The molecule has 2 N–H and O–H groups in total. The minimum absolute atomic E-state index is 0.302. The van der Waals surface area contributed by atoms with E-state index in [1.807, 2.05) is 0 Å². The Morgan fingerprint density at radius 1 is 1.24 bits per heavy atom. The Morgan fingerprint density at radius 2 is 1.95 bits per heavy atom. The summed E-state index contributed by atoms with van der Waals surface area (Å²) in [5, 5.41) is 12.8. The molecule has 1 heterocycles. The van der Waals surface area contributed by atoms with Crippen molar-refractivity contribution in [1.29, 1.82) is 0 Å². The molecule has 2 fully saturated rings. The summed E-state index contributed by atoms with van der Waals surface area (Å²) in [7, 11) is 0. The predicted octanol–water partition coefficient (Wildman–Crippen LogP) is 2.59. The Bertz CT molecular complexity index is 327. The third kappa shape index (κ3) is 5.95. The molecule has 0 aromatic carbocycles. The Hall–Kier alpha value is -0.610. The minimum atomic E-state index is -0.652. The van der Waals surface area contributed by atoms with Crippen molar-refractivity contribution >= 4 is 5.97 Å². The van der Waals surface area contributed by atoms with Crippen LogP contribution in [0, 0.1) is 17.8 Å². The first-order valence-corrected chi connectivity index (χ1v) is 8.70. The van der Waals surface area contributed by atoms with Crippen LogP contribution in [0.1, 0.15) is 52.4 Å². The fourth-order valence-corrected chi connectivity index (χ4v) is 4.06. The van der Waals surface area contributed by atoms with Crippen LogP contribution in [-0.4, -0.2) is 48.2 Å². The number of hydrogen-bond acceptors (Lipinski definition) is 3. The molecule has 0 spiro atoms. The quantitative estimate of drug-likeness (QED) is 0.758. The average Bonchev–Trinajstić information content (AvgIpc) is 2.87. The molecule has 2 atom stereocenters. The SMILES string of the molecule is CC(C)CN1CC(CC(=O)O)CC(NCC2CCCC2)C1. The lowest BCUT2D eigenvalue weighted by Crippen LogP contribution is -2.51. The number of rotatable bonds is 7. The molecule has 2 aliphatic rings. The highest BCUT2D eigenvalue weighted by Crippen LogP contribution is 2.25. The maximum atomic E-state index is 11.0. The Kier molecular flexibility index (Phi) is 6.49. The van der Waals surface area contributed by atoms with E-state index in [9.17, 15) is 4.79 Å². The molecule has 0 aromatic rings. The number of likely N-dealkylation sites (tertiary alicyclic amines) is 1. The second kappa shape index (κ2) is 8.14. The lowest BCUT2D eigenvalue weighted by Gasteiger charge is -2.39. The zero-order valence-corrected chi connectivity index (χ0v) is 13.7. The van der Waals surface area contributed by atoms with Crippen LogP contribution < -0.4 is 5.32 Å². The van der Waals surface area contributed by atoms with Gasteiger partial charge in [0, 0.05) is 32.1 Å². The van der Waals surface area contributed by atoms with Gasteiger partial charge in [0.2, 0.25) is 0 Å². The van der Waals surface area contributed by atoms with Gasteiger partial charge in [-0.15, -0.1) is 0 Å². The molecule has 21 heavy (non-hydrogen) atoms. The molecule has 2 rings (SSSR count). The number of carbonyl (C=O) groups is 1. The average molecular weight is 296 g/mol. The van der Waals surface area contributed by atoms with Gasteiger partial charge in [0.1, 0.15) is 0 Å². The number of nitrogens with one attached hydrogen (secondary N) is 1. The summed E-state index contributed by atoms with van der Waals surface area (Å²) in [6, 6.07) is 0.474. The van der Waals surface area contributed by atoms with Gasteiger partial charge in [0.25, 0.3) is 0 Å². The number of aliphatic carboxylic acids is 1. The van der Waals surface area contributed by atoms with Gasteiger partial charge in [-0.25, -0.2) is 0 Å². The fourth-order valence-electron chi connectivity index (χ4n) is 4.06. The van der Waals surface area contributed by atoms with Crippen LogP contribution >= 0.6 is 0 Å². The fraction of sp³-hybridized carbons (Fsp3) is 0.941. The molecule has 4 nitrogen and oxygen atoms in total. The van der Waals surface area contributed by atoms with Crippen molar-refractivity contribution in [3.63, 3.8) is 0 Å². The van der Waals surface area contributed by atoms with Crippen LogP contribution in [0.25, 0.3) is 0 Å². The van der Waals surface area contributed by atoms with Gasteiger partial charge in [-0.3, -0.25) is 4.79 Å². The summed E-state index contributed by atoms with van der Waals surface area (Å²) in [6.07, 6.45) is 6.85. The van der Waals surface area contributed by atoms with Crippen molar-refractivity contribution in [3.8, 4) is 0 Å². The van der Waals surface area contributed by atoms with Crippen LogP contribution in [0.4, 0.5) is 0 Å². The normalized spacial score (nSPS) is 28.3. The smallest absolute Gasteiger partial charge is 0.303 e. The van der Waals surface area contributed by atoms with Gasteiger partial charge in [-0.05, 0) is 43.6 Å². The zero-order chi connectivity index (χ0) is 15.2. The first-order chi connectivity index (χ1) is 10.0. The first-order valence-electron chi connectivity index (χ1n) is 8.70. The zero-order valence-electron chi connectivity index (χ0n) is 13.7. The van der Waals surface area contributed by atoms with E-state index >= 15 is 0 Å². The standard InChI is InChI=1S/C17H32N2O2/c1-13(2)10-19-11-15(8-17(20)21)7-16(12-19)18-9-14-5-3-4-6-14/h13-16,18H,3-12H2,1-2H3,(H,20,21). The number of carboxylic acid groups (broad SMARTS) is 1.